The molecule has 0 aromatic rings. The lowest BCUT2D eigenvalue weighted by molar-refractivity contribution is -0.146. The lowest BCUT2D eigenvalue weighted by Gasteiger charge is -2.41. The largest absolute Gasteiger partial charge is 0.480 e. The van der Waals surface area contributed by atoms with Crippen molar-refractivity contribution < 1.29 is 9.90 Å². The molecule has 2 saturated carbocycles. The second kappa shape index (κ2) is 4.36. The van der Waals surface area contributed by atoms with Gasteiger partial charge >= 0.3 is 5.97 Å². The van der Waals surface area contributed by atoms with E-state index < -0.39 is 11.5 Å². The maximum atomic E-state index is 11.5. The van der Waals surface area contributed by atoms with Crippen LogP contribution in [0.1, 0.15) is 64.7 Å². The number of hydrogen-bond acceptors (Lipinski definition) is 2. The molecular formula is C13H23NO2. The molecule has 0 radical (unpaired) electrons. The molecule has 0 atom stereocenters. The van der Waals surface area contributed by atoms with Gasteiger partial charge in [0.05, 0.1) is 0 Å². The molecule has 92 valence electrons. The molecule has 0 saturated heterocycles. The van der Waals surface area contributed by atoms with E-state index in [2.05, 4.69) is 12.2 Å². The highest BCUT2D eigenvalue weighted by Gasteiger charge is 2.45. The summed E-state index contributed by atoms with van der Waals surface area (Å²) in [6.45, 7) is 2.20. The summed E-state index contributed by atoms with van der Waals surface area (Å²) in [5, 5.41) is 13.0. The summed E-state index contributed by atoms with van der Waals surface area (Å²) < 4.78 is 0. The fraction of sp³-hybridized carbons (Fsp3) is 0.923. The molecule has 16 heavy (non-hydrogen) atoms. The van der Waals surface area contributed by atoms with E-state index in [-0.39, 0.29) is 5.54 Å². The summed E-state index contributed by atoms with van der Waals surface area (Å²) in [6, 6.07) is 0. The van der Waals surface area contributed by atoms with Crippen molar-refractivity contribution in [3.63, 3.8) is 0 Å². The second-order valence-corrected chi connectivity index (χ2v) is 5.84. The third-order valence-corrected chi connectivity index (χ3v) is 4.36. The first-order chi connectivity index (χ1) is 7.56. The SMILES string of the molecule is CC1(NC2(C(=O)O)CCCC2)CCCCC1. The Morgan fingerprint density at radius 2 is 1.50 bits per heavy atom. The molecule has 0 bridgehead atoms. The number of aliphatic carboxylic acids is 1. The molecule has 2 N–H and O–H groups in total. The molecule has 0 amide bonds. The van der Waals surface area contributed by atoms with Gasteiger partial charge in [0.25, 0.3) is 0 Å². The Balaban J connectivity index is 2.07. The van der Waals surface area contributed by atoms with E-state index in [9.17, 15) is 9.90 Å². The first kappa shape index (κ1) is 11.9. The van der Waals surface area contributed by atoms with Crippen LogP contribution in [0, 0.1) is 0 Å². The van der Waals surface area contributed by atoms with Crippen LogP contribution in [0.2, 0.25) is 0 Å². The van der Waals surface area contributed by atoms with Crippen molar-refractivity contribution in [1.82, 2.24) is 5.32 Å². The van der Waals surface area contributed by atoms with Crippen LogP contribution in [0.3, 0.4) is 0 Å². The van der Waals surface area contributed by atoms with E-state index in [1.54, 1.807) is 0 Å². The van der Waals surface area contributed by atoms with Crippen LogP contribution < -0.4 is 5.32 Å². The van der Waals surface area contributed by atoms with Crippen LogP contribution in [0.4, 0.5) is 0 Å². The van der Waals surface area contributed by atoms with E-state index in [1.165, 1.54) is 19.3 Å². The number of rotatable bonds is 3. The topological polar surface area (TPSA) is 49.3 Å². The van der Waals surface area contributed by atoms with Gasteiger partial charge in [-0.3, -0.25) is 10.1 Å². The van der Waals surface area contributed by atoms with Gasteiger partial charge in [-0.15, -0.1) is 0 Å². The van der Waals surface area contributed by atoms with Crippen LogP contribution in [0.25, 0.3) is 0 Å². The highest BCUT2D eigenvalue weighted by Crippen LogP contribution is 2.36. The minimum atomic E-state index is -0.642. The average molecular weight is 225 g/mol. The molecule has 0 aliphatic heterocycles. The van der Waals surface area contributed by atoms with Crippen molar-refractivity contribution in [1.29, 1.82) is 0 Å². The maximum Gasteiger partial charge on any atom is 0.323 e. The van der Waals surface area contributed by atoms with E-state index in [0.717, 1.165) is 38.5 Å². The van der Waals surface area contributed by atoms with Crippen LogP contribution >= 0.6 is 0 Å². The zero-order valence-electron chi connectivity index (χ0n) is 10.2. The molecule has 2 rings (SSSR count). The Morgan fingerprint density at radius 3 is 2.00 bits per heavy atom. The first-order valence-electron chi connectivity index (χ1n) is 6.59. The lowest BCUT2D eigenvalue weighted by atomic mass is 9.80. The predicted molar refractivity (Wildman–Crippen MR) is 63.5 cm³/mol. The molecule has 0 unspecified atom stereocenters. The van der Waals surface area contributed by atoms with Crippen molar-refractivity contribution in [2.24, 2.45) is 0 Å². The highest BCUT2D eigenvalue weighted by atomic mass is 16.4. The normalized spacial score (nSPS) is 27.8. The molecule has 0 aromatic carbocycles. The monoisotopic (exact) mass is 225 g/mol. The van der Waals surface area contributed by atoms with Gasteiger partial charge in [-0.05, 0) is 32.6 Å². The fourth-order valence-corrected chi connectivity index (χ4v) is 3.41. The van der Waals surface area contributed by atoms with Crippen molar-refractivity contribution in [2.45, 2.75) is 75.8 Å². The lowest BCUT2D eigenvalue weighted by Crippen LogP contribution is -2.60. The molecule has 0 aromatic heterocycles. The summed E-state index contributed by atoms with van der Waals surface area (Å²) in [6.07, 6.45) is 9.74. The van der Waals surface area contributed by atoms with Crippen molar-refractivity contribution in [3.8, 4) is 0 Å². The van der Waals surface area contributed by atoms with Crippen molar-refractivity contribution in [3.05, 3.63) is 0 Å². The van der Waals surface area contributed by atoms with Gasteiger partial charge in [-0.2, -0.15) is 0 Å². The number of nitrogens with one attached hydrogen (secondary N) is 1. The first-order valence-corrected chi connectivity index (χ1v) is 6.59. The van der Waals surface area contributed by atoms with Gasteiger partial charge in [0, 0.05) is 5.54 Å². The quantitative estimate of drug-likeness (QED) is 0.776. The Bertz CT molecular complexity index is 263. The predicted octanol–water partition coefficient (Wildman–Crippen LogP) is 2.70. The number of hydrogen-bond donors (Lipinski definition) is 2. The van der Waals surface area contributed by atoms with Gasteiger partial charge < -0.3 is 5.11 Å². The van der Waals surface area contributed by atoms with Gasteiger partial charge in [0.1, 0.15) is 5.54 Å². The van der Waals surface area contributed by atoms with E-state index in [4.69, 9.17) is 0 Å². The highest BCUT2D eigenvalue weighted by molar-refractivity contribution is 5.79. The second-order valence-electron chi connectivity index (χ2n) is 5.84. The van der Waals surface area contributed by atoms with Gasteiger partial charge in [-0.1, -0.05) is 32.1 Å². The third-order valence-electron chi connectivity index (χ3n) is 4.36. The molecule has 2 fully saturated rings. The van der Waals surface area contributed by atoms with E-state index in [0.29, 0.717) is 0 Å². The zero-order valence-corrected chi connectivity index (χ0v) is 10.2. The fourth-order valence-electron chi connectivity index (χ4n) is 3.41. The third kappa shape index (κ3) is 2.24. The molecule has 3 nitrogen and oxygen atoms in total. The van der Waals surface area contributed by atoms with Crippen LogP contribution in [0.15, 0.2) is 0 Å². The standard InChI is InChI=1S/C13H23NO2/c1-12(7-3-2-4-8-12)14-13(11(15)16)9-5-6-10-13/h14H,2-10H2,1H3,(H,15,16). The molecule has 0 spiro atoms. The summed E-state index contributed by atoms with van der Waals surface area (Å²) >= 11 is 0. The minimum absolute atomic E-state index is 0.0565. The molecule has 3 heteroatoms. The Morgan fingerprint density at radius 1 is 1.00 bits per heavy atom. The summed E-state index contributed by atoms with van der Waals surface area (Å²) in [5.74, 6) is -0.642. The molecular weight excluding hydrogens is 202 g/mol. The average Bonchev–Trinajstić information content (AvgIpc) is 2.68. The summed E-state index contributed by atoms with van der Waals surface area (Å²) in [4.78, 5) is 11.5. The smallest absolute Gasteiger partial charge is 0.323 e. The van der Waals surface area contributed by atoms with E-state index >= 15 is 0 Å². The number of carboxylic acids is 1. The Kier molecular flexibility index (Phi) is 3.24. The van der Waals surface area contributed by atoms with Gasteiger partial charge in [0.2, 0.25) is 0 Å². The molecule has 0 heterocycles. The zero-order chi connectivity index (χ0) is 11.6. The molecule has 2 aliphatic rings. The van der Waals surface area contributed by atoms with Gasteiger partial charge in [0.15, 0.2) is 0 Å². The Hall–Kier alpha value is -0.570. The number of carbonyl (C=O) groups is 1. The molecule has 2 aliphatic carbocycles. The Labute approximate surface area is 97.6 Å². The van der Waals surface area contributed by atoms with Crippen LogP contribution in [-0.4, -0.2) is 22.2 Å². The van der Waals surface area contributed by atoms with Crippen molar-refractivity contribution >= 4 is 5.97 Å². The summed E-state index contributed by atoms with van der Waals surface area (Å²) in [7, 11) is 0. The number of carboxylic acid groups (broad SMARTS) is 1. The van der Waals surface area contributed by atoms with Gasteiger partial charge in [-0.25, -0.2) is 0 Å². The summed E-state index contributed by atoms with van der Waals surface area (Å²) in [5.41, 5.74) is -0.562. The van der Waals surface area contributed by atoms with Crippen LogP contribution in [-0.2, 0) is 4.79 Å². The van der Waals surface area contributed by atoms with Crippen molar-refractivity contribution in [2.75, 3.05) is 0 Å². The maximum absolute atomic E-state index is 11.5. The minimum Gasteiger partial charge on any atom is -0.480 e. The van der Waals surface area contributed by atoms with Crippen LogP contribution in [0.5, 0.6) is 0 Å². The van der Waals surface area contributed by atoms with E-state index in [1.807, 2.05) is 0 Å².